The Bertz CT molecular complexity index is 1050. The van der Waals surface area contributed by atoms with Gasteiger partial charge in [-0.1, -0.05) is 6.07 Å². The second-order valence-corrected chi connectivity index (χ2v) is 9.64. The topological polar surface area (TPSA) is 94.2 Å². The highest BCUT2D eigenvalue weighted by Gasteiger charge is 2.24. The molecule has 10 heteroatoms. The molecule has 2 amide bonds. The minimum absolute atomic E-state index is 0.0272. The summed E-state index contributed by atoms with van der Waals surface area (Å²) >= 11 is 0. The van der Waals surface area contributed by atoms with Gasteiger partial charge in [0, 0.05) is 25.7 Å². The van der Waals surface area contributed by atoms with Crippen LogP contribution in [-0.2, 0) is 21.4 Å². The van der Waals surface area contributed by atoms with Gasteiger partial charge in [0.15, 0.2) is 11.5 Å². The van der Waals surface area contributed by atoms with Crippen molar-refractivity contribution in [2.75, 3.05) is 20.3 Å². The molecule has 8 nitrogen and oxygen atoms in total. The van der Waals surface area contributed by atoms with E-state index in [0.717, 1.165) is 37.1 Å². The van der Waals surface area contributed by atoms with Crippen LogP contribution < -0.4 is 14.2 Å². The molecule has 1 fully saturated rings. The van der Waals surface area contributed by atoms with Gasteiger partial charge in [-0.3, -0.25) is 0 Å². The second-order valence-electron chi connectivity index (χ2n) is 8.10. The molecule has 0 saturated carbocycles. The Hall–Kier alpha value is -2.85. The summed E-state index contributed by atoms with van der Waals surface area (Å²) in [6.45, 7) is 5.06. The molecule has 1 atom stereocenters. The number of nitrogens with zero attached hydrogens (tertiary/aromatic N) is 1. The zero-order chi connectivity index (χ0) is 24.0. The van der Waals surface area contributed by atoms with E-state index in [1.54, 1.807) is 17.0 Å². The maximum Gasteiger partial charge on any atom is 0.339 e. The summed E-state index contributed by atoms with van der Waals surface area (Å²) in [7, 11) is -2.82. The van der Waals surface area contributed by atoms with Crippen LogP contribution in [0.15, 0.2) is 47.4 Å². The van der Waals surface area contributed by atoms with Crippen molar-refractivity contribution in [2.24, 2.45) is 0 Å². The van der Waals surface area contributed by atoms with E-state index in [9.17, 15) is 17.6 Å². The fraction of sp³-hybridized carbons (Fsp3) is 0.435. The van der Waals surface area contributed by atoms with E-state index in [2.05, 4.69) is 5.32 Å². The van der Waals surface area contributed by atoms with Gasteiger partial charge in [-0.05, 0) is 68.7 Å². The molecule has 180 valence electrons. The van der Waals surface area contributed by atoms with Gasteiger partial charge in [-0.15, -0.1) is 0 Å². The van der Waals surface area contributed by atoms with Gasteiger partial charge in [-0.2, -0.15) is 8.42 Å². The molecular weight excluding hydrogens is 451 g/mol. The van der Waals surface area contributed by atoms with Crippen LogP contribution in [0.25, 0.3) is 0 Å². The van der Waals surface area contributed by atoms with Crippen LogP contribution in [0.2, 0.25) is 0 Å². The highest BCUT2D eigenvalue weighted by molar-refractivity contribution is 7.87. The zero-order valence-corrected chi connectivity index (χ0v) is 19.7. The third kappa shape index (κ3) is 6.82. The third-order valence-corrected chi connectivity index (χ3v) is 6.30. The quantitative estimate of drug-likeness (QED) is 0.550. The zero-order valence-electron chi connectivity index (χ0n) is 18.9. The number of rotatable bonds is 9. The first-order valence-electron chi connectivity index (χ1n) is 10.7. The maximum absolute atomic E-state index is 13.2. The van der Waals surface area contributed by atoms with Crippen LogP contribution in [0.5, 0.6) is 11.5 Å². The first kappa shape index (κ1) is 24.8. The summed E-state index contributed by atoms with van der Waals surface area (Å²) in [6, 6.07) is 8.89. The average molecular weight is 481 g/mol. The summed E-state index contributed by atoms with van der Waals surface area (Å²) in [5.74, 6) is -0.373. The molecule has 0 bridgehead atoms. The predicted octanol–water partition coefficient (Wildman–Crippen LogP) is 3.70. The van der Waals surface area contributed by atoms with Crippen LogP contribution in [0, 0.1) is 5.82 Å². The highest BCUT2D eigenvalue weighted by atomic mass is 32.2. The molecule has 3 rings (SSSR count). The molecule has 2 aromatic rings. The number of methoxy groups -OCH3 is 1. The lowest BCUT2D eigenvalue weighted by molar-refractivity contribution is 0.0791. The molecule has 1 heterocycles. The predicted molar refractivity (Wildman–Crippen MR) is 120 cm³/mol. The van der Waals surface area contributed by atoms with E-state index in [4.69, 9.17) is 13.7 Å². The molecule has 1 saturated heterocycles. The molecular formula is C23H29FN2O6S. The number of carbonyl (C=O) groups is 1. The Morgan fingerprint density at radius 3 is 2.55 bits per heavy atom. The SMILES string of the molecule is COc1ccc(CN(C[C@@H]2CCCO2)C(=O)NC(C)C)cc1OS(=O)(=O)c1ccc(F)cc1. The number of ether oxygens (including phenoxy) is 2. The normalized spacial score (nSPS) is 16.0. The van der Waals surface area contributed by atoms with Gasteiger partial charge < -0.3 is 23.9 Å². The Morgan fingerprint density at radius 1 is 1.21 bits per heavy atom. The summed E-state index contributed by atoms with van der Waals surface area (Å²) in [5.41, 5.74) is 0.650. The molecule has 1 aliphatic heterocycles. The molecule has 1 aliphatic rings. The maximum atomic E-state index is 13.2. The van der Waals surface area contributed by atoms with Gasteiger partial charge >= 0.3 is 16.1 Å². The lowest BCUT2D eigenvalue weighted by Crippen LogP contribution is -2.45. The van der Waals surface area contributed by atoms with E-state index in [1.165, 1.54) is 13.2 Å². The average Bonchev–Trinajstić information content (AvgIpc) is 3.26. The van der Waals surface area contributed by atoms with Crippen molar-refractivity contribution in [3.63, 3.8) is 0 Å². The number of nitrogens with one attached hydrogen (secondary N) is 1. The standard InChI is InChI=1S/C23H29FN2O6S/c1-16(2)25-23(27)26(15-19-5-4-12-31-19)14-17-6-11-21(30-3)22(13-17)32-33(28,29)20-9-7-18(24)8-10-20/h6-11,13,16,19H,4-5,12,14-15H2,1-3H3,(H,25,27)/t19-/m0/s1. The summed E-state index contributed by atoms with van der Waals surface area (Å²) in [5, 5.41) is 2.89. The van der Waals surface area contributed by atoms with Crippen LogP contribution in [0.1, 0.15) is 32.3 Å². The van der Waals surface area contributed by atoms with Crippen molar-refractivity contribution in [3.8, 4) is 11.5 Å². The van der Waals surface area contributed by atoms with Crippen molar-refractivity contribution in [1.29, 1.82) is 0 Å². The van der Waals surface area contributed by atoms with Crippen molar-refractivity contribution in [3.05, 3.63) is 53.8 Å². The Morgan fingerprint density at radius 2 is 1.94 bits per heavy atom. The largest absolute Gasteiger partial charge is 0.493 e. The smallest absolute Gasteiger partial charge is 0.339 e. The van der Waals surface area contributed by atoms with E-state index in [1.807, 2.05) is 13.8 Å². The summed E-state index contributed by atoms with van der Waals surface area (Å²) in [4.78, 5) is 14.2. The monoisotopic (exact) mass is 480 g/mol. The van der Waals surface area contributed by atoms with Crippen LogP contribution in [0.4, 0.5) is 9.18 Å². The lowest BCUT2D eigenvalue weighted by Gasteiger charge is -2.27. The van der Waals surface area contributed by atoms with Crippen LogP contribution >= 0.6 is 0 Å². The molecule has 33 heavy (non-hydrogen) atoms. The number of carbonyl (C=O) groups excluding carboxylic acids is 1. The van der Waals surface area contributed by atoms with Crippen molar-refractivity contribution in [2.45, 2.75) is 50.3 Å². The fourth-order valence-corrected chi connectivity index (χ4v) is 4.40. The van der Waals surface area contributed by atoms with Crippen molar-refractivity contribution < 1.29 is 31.3 Å². The van der Waals surface area contributed by atoms with E-state index in [-0.39, 0.29) is 41.1 Å². The molecule has 0 radical (unpaired) electrons. The van der Waals surface area contributed by atoms with Crippen LogP contribution in [-0.4, -0.2) is 51.8 Å². The number of halogens is 1. The minimum Gasteiger partial charge on any atom is -0.493 e. The Balaban J connectivity index is 1.84. The summed E-state index contributed by atoms with van der Waals surface area (Å²) < 4.78 is 54.8. The first-order valence-corrected chi connectivity index (χ1v) is 12.1. The number of urea groups is 1. The molecule has 1 N–H and O–H groups in total. The van der Waals surface area contributed by atoms with Gasteiger partial charge in [0.1, 0.15) is 10.7 Å². The van der Waals surface area contributed by atoms with E-state index < -0.39 is 15.9 Å². The number of hydrogen-bond donors (Lipinski definition) is 1. The number of hydrogen-bond acceptors (Lipinski definition) is 6. The summed E-state index contributed by atoms with van der Waals surface area (Å²) in [6.07, 6.45) is 1.78. The number of benzene rings is 2. The van der Waals surface area contributed by atoms with E-state index >= 15 is 0 Å². The lowest BCUT2D eigenvalue weighted by atomic mass is 10.1. The van der Waals surface area contributed by atoms with Gasteiger partial charge in [0.05, 0.1) is 13.2 Å². The first-order chi connectivity index (χ1) is 15.7. The Labute approximate surface area is 193 Å². The highest BCUT2D eigenvalue weighted by Crippen LogP contribution is 2.31. The third-order valence-electron chi connectivity index (χ3n) is 5.05. The molecule has 0 unspecified atom stereocenters. The fourth-order valence-electron chi connectivity index (χ4n) is 3.46. The Kier molecular flexibility index (Phi) is 8.15. The van der Waals surface area contributed by atoms with E-state index in [0.29, 0.717) is 18.7 Å². The van der Waals surface area contributed by atoms with Crippen molar-refractivity contribution in [1.82, 2.24) is 10.2 Å². The molecule has 2 aromatic carbocycles. The molecule has 0 spiro atoms. The molecule has 0 aliphatic carbocycles. The second kappa shape index (κ2) is 10.8. The minimum atomic E-state index is -4.22. The van der Waals surface area contributed by atoms with Gasteiger partial charge in [0.25, 0.3) is 0 Å². The van der Waals surface area contributed by atoms with Crippen molar-refractivity contribution >= 4 is 16.1 Å². The van der Waals surface area contributed by atoms with Gasteiger partial charge in [0.2, 0.25) is 0 Å². The molecule has 0 aromatic heterocycles. The van der Waals surface area contributed by atoms with Crippen LogP contribution in [0.3, 0.4) is 0 Å². The van der Waals surface area contributed by atoms with Gasteiger partial charge in [-0.25, -0.2) is 9.18 Å². The number of amides is 2.